The van der Waals surface area contributed by atoms with Crippen LogP contribution in [0.15, 0.2) is 138 Å². The highest BCUT2D eigenvalue weighted by molar-refractivity contribution is 9.09. The van der Waals surface area contributed by atoms with Gasteiger partial charge in [0.1, 0.15) is 0 Å². The number of ketones is 1. The summed E-state index contributed by atoms with van der Waals surface area (Å²) in [5.74, 6) is 0.525. The van der Waals surface area contributed by atoms with Gasteiger partial charge in [-0.25, -0.2) is 8.42 Å². The van der Waals surface area contributed by atoms with Crippen LogP contribution in [0.1, 0.15) is 74.3 Å². The minimum absolute atomic E-state index is 0. The summed E-state index contributed by atoms with van der Waals surface area (Å²) in [7, 11) is -3.48. The zero-order valence-electron chi connectivity index (χ0n) is 74.6. The number of carbonyl (C=O) groups excluding carboxylic acids is 1. The molecule has 5 rings (SSSR count). The van der Waals surface area contributed by atoms with Gasteiger partial charge in [-0.2, -0.15) is 4.31 Å². The molecule has 0 bridgehead atoms. The molecule has 0 heterocycles. The van der Waals surface area contributed by atoms with E-state index in [-0.39, 0.29) is 68.0 Å². The Hall–Kier alpha value is -3.93. The Morgan fingerprint density at radius 2 is 0.911 bits per heavy atom. The normalized spacial score (nSPS) is 16.7. The predicted molar refractivity (Wildman–Crippen MR) is 366 cm³/mol. The van der Waals surface area contributed by atoms with E-state index in [0.29, 0.717) is 34.3 Å². The number of rotatable bonds is 31. The molecule has 0 aliphatic rings. The third kappa shape index (κ3) is 61.6. The van der Waals surface area contributed by atoms with Crippen molar-refractivity contribution in [3.05, 3.63) is 171 Å². The number of aliphatic hydroxyl groups is 11. The molecule has 5 aromatic rings. The van der Waals surface area contributed by atoms with Gasteiger partial charge in [0.05, 0.1) is 101 Å². The van der Waals surface area contributed by atoms with Crippen LogP contribution in [0.5, 0.6) is 0 Å². The number of nitrogens with zero attached hydrogens (tertiary/aromatic N) is 1. The number of benzene rings is 5. The number of nitrogens with one attached hydrogen (secondary N) is 5. The van der Waals surface area contributed by atoms with Gasteiger partial charge >= 0.3 is 0 Å². The Labute approximate surface area is 597 Å². The number of aliphatic hydroxyl groups excluding tert-OH is 5. The van der Waals surface area contributed by atoms with E-state index in [1.807, 2.05) is 60.8 Å². The largest absolute Gasteiger partial charge is 0.483 e. The van der Waals surface area contributed by atoms with Crippen LogP contribution in [0.2, 0.25) is 10.0 Å². The molecule has 0 radical (unpaired) electrons. The van der Waals surface area contributed by atoms with E-state index in [4.69, 9.17) is 154 Å². The number of hydrogen-bond acceptors (Lipinski definition) is 22. The van der Waals surface area contributed by atoms with Crippen LogP contribution in [0, 0.1) is 6.92 Å². The first-order valence-corrected chi connectivity index (χ1v) is 29.1. The average molecular weight is 1470 g/mol. The Morgan fingerprint density at radius 1 is 0.556 bits per heavy atom. The number of carbonyl (C=O) groups is 2. The summed E-state index contributed by atoms with van der Waals surface area (Å²) >= 11 is 25.1. The fourth-order valence-corrected chi connectivity index (χ4v) is 7.32. The summed E-state index contributed by atoms with van der Waals surface area (Å²) in [5.41, 5.74) is 9.89. The SMILES string of the molecule is Cc1ccc(S(=O)(=O)N(CCCl)CCCl)cc1.N.O=C(c1ccccc1)c1ccc(Cl)cc1.OCCNCCO.[2H]C(=O)O.[2H]C(N)(c1ccccc1)c1ccc(Cl)cc1.[2H]C([2H])(CO)NC([2H])([2H])CO.[2H]C([2H])(O)C([2H])([2H])Br.[2H]C([2H])(O)C([2H])([2H])NC([2H])([2H])C([2H])([2H])O.[2H]C([2H])(O)C([2H])([2H])NCCO.[2H]C([2H])(O)CNCC([2H])([2H])O. The zero-order chi connectivity index (χ0) is 91.3. The molecule has 0 saturated carbocycles. The number of nitrogens with two attached hydrogens (primary N) is 1. The summed E-state index contributed by atoms with van der Waals surface area (Å²) in [6.07, 6.45) is -1.58. The first kappa shape index (κ1) is 55.4. The van der Waals surface area contributed by atoms with Crippen LogP contribution in [-0.2, 0) is 14.8 Å². The second-order valence-corrected chi connectivity index (χ2v) is 18.7. The summed E-state index contributed by atoms with van der Waals surface area (Å²) in [4.78, 5) is 20.9. The fraction of sp³-hybridized carbons (Fsp3) is 0.467. The van der Waals surface area contributed by atoms with Crippen molar-refractivity contribution in [3.63, 3.8) is 0 Å². The maximum absolute atomic E-state index is 12.2. The molecule has 0 aromatic heterocycles. The van der Waals surface area contributed by atoms with Crippen LogP contribution in [0.4, 0.5) is 0 Å². The van der Waals surface area contributed by atoms with Gasteiger partial charge in [-0.3, -0.25) is 9.59 Å². The van der Waals surface area contributed by atoms with Gasteiger partial charge in [0.25, 0.3) is 6.45 Å². The lowest BCUT2D eigenvalue weighted by Crippen LogP contribution is -2.34. The topological polar surface area (TPSA) is 435 Å². The van der Waals surface area contributed by atoms with E-state index in [0.717, 1.165) is 16.7 Å². The van der Waals surface area contributed by atoms with Crippen molar-refractivity contribution in [3.8, 4) is 0 Å². The number of sulfonamides is 1. The van der Waals surface area contributed by atoms with E-state index in [1.54, 1.807) is 90.2 Å². The summed E-state index contributed by atoms with van der Waals surface area (Å²) < 4.78 is 201. The first-order chi connectivity index (χ1) is 51.8. The van der Waals surface area contributed by atoms with E-state index < -0.39 is 126 Å². The van der Waals surface area contributed by atoms with E-state index in [2.05, 4.69) is 26.6 Å². The van der Waals surface area contributed by atoms with Crippen LogP contribution in [0.25, 0.3) is 0 Å². The molecule has 22 N–H and O–H groups in total. The molecule has 24 nitrogen and oxygen atoms in total. The average Bonchev–Trinajstić information content (AvgIpc) is 0.809. The second-order valence-electron chi connectivity index (χ2n) is 14.8. The fourth-order valence-electron chi connectivity index (χ4n) is 5.02. The van der Waals surface area contributed by atoms with Crippen LogP contribution >= 0.6 is 62.3 Å². The molecule has 0 fully saturated rings. The third-order valence-electron chi connectivity index (χ3n) is 8.69. The van der Waals surface area contributed by atoms with Crippen LogP contribution in [0.3, 0.4) is 0 Å². The maximum atomic E-state index is 12.2. The van der Waals surface area contributed by atoms with Crippen molar-refractivity contribution in [1.29, 1.82) is 0 Å². The van der Waals surface area contributed by atoms with Crippen molar-refractivity contribution < 1.29 is 115 Å². The minimum atomic E-state index is -3.48. The van der Waals surface area contributed by atoms with Gasteiger partial charge in [-0.05, 0) is 66.6 Å². The lowest BCUT2D eigenvalue weighted by molar-refractivity contribution is -0.122. The highest BCUT2D eigenvalue weighted by atomic mass is 79.9. The van der Waals surface area contributed by atoms with Gasteiger partial charge in [0.15, 0.2) is 7.15 Å². The molecule has 0 aliphatic carbocycles. The van der Waals surface area contributed by atoms with Gasteiger partial charge in [-0.1, -0.05) is 130 Å². The maximum Gasteiger partial charge on any atom is 0.290 e. The molecule has 0 saturated heterocycles. The molecule has 90 heavy (non-hydrogen) atoms. The van der Waals surface area contributed by atoms with Crippen molar-refractivity contribution in [2.75, 3.05) is 168 Å². The number of aryl methyl sites for hydroxylation is 1. The Morgan fingerprint density at radius 3 is 1.29 bits per heavy atom. The summed E-state index contributed by atoms with van der Waals surface area (Å²) in [6.45, 7) is -29.8. The number of carboxylic acid groups (broad SMARTS) is 1. The summed E-state index contributed by atoms with van der Waals surface area (Å²) in [5, 5.41) is 109. The predicted octanol–water partition coefficient (Wildman–Crippen LogP) is 2.46. The lowest BCUT2D eigenvalue weighted by Gasteiger charge is -2.20. The van der Waals surface area contributed by atoms with Crippen molar-refractivity contribution in [1.82, 2.24) is 37.0 Å². The molecule has 518 valence electrons. The van der Waals surface area contributed by atoms with Crippen LogP contribution in [-0.4, -0.2) is 254 Å². The van der Waals surface area contributed by atoms with Gasteiger partial charge in [0, 0.05) is 133 Å². The monoisotopic (exact) mass is 1470 g/mol. The van der Waals surface area contributed by atoms with Crippen molar-refractivity contribution in [2.24, 2.45) is 5.73 Å². The third-order valence-corrected chi connectivity index (χ3v) is 11.6. The second kappa shape index (κ2) is 75.8. The van der Waals surface area contributed by atoms with Crippen molar-refractivity contribution >= 4 is 84.6 Å². The summed E-state index contributed by atoms with van der Waals surface area (Å²) in [6, 6.07) is 38.0. The smallest absolute Gasteiger partial charge is 0.290 e. The molecule has 30 heteroatoms. The molecule has 0 amide bonds. The number of hydrogen-bond donors (Lipinski definition) is 19. The minimum Gasteiger partial charge on any atom is -0.483 e. The van der Waals surface area contributed by atoms with Crippen LogP contribution < -0.4 is 38.5 Å². The van der Waals surface area contributed by atoms with Gasteiger partial charge < -0.3 is 99.7 Å². The van der Waals surface area contributed by atoms with E-state index in [9.17, 15) is 13.2 Å². The molecular weight excluding hydrogens is 1340 g/mol. The first-order valence-electron chi connectivity index (χ1n) is 38.0. The molecule has 5 aromatic carbocycles. The van der Waals surface area contributed by atoms with Gasteiger partial charge in [0.2, 0.25) is 10.0 Å². The quantitative estimate of drug-likeness (QED) is 0.0131. The highest BCUT2D eigenvalue weighted by Crippen LogP contribution is 2.21. The zero-order valence-corrected chi connectivity index (χ0v) is 54.1. The Bertz CT molecular complexity index is 3470. The Balaban J connectivity index is -0.000000295. The highest BCUT2D eigenvalue weighted by Gasteiger charge is 2.23. The van der Waals surface area contributed by atoms with E-state index in [1.165, 1.54) is 9.62 Å². The van der Waals surface area contributed by atoms with Gasteiger partial charge in [-0.15, -0.1) is 23.2 Å². The number of halogens is 5. The lowest BCUT2D eigenvalue weighted by atomic mass is 10.00. The molecule has 1 atom stereocenters. The standard InChI is InChI=1S/C13H12ClN.C13H9ClO.C11H15Cl2NO2S.5C4H11NO2.C2H5BrO.CH2O2.H3N/c2*14-12-8-6-11(7-9-12)13(15)10-4-2-1-3-5-10;1-10-2-4-11(5-3-10)17(15,16)14(8-6-12)9-7-13;5*6-3-1-5-2-4-7;3-1-2-4;2-1-3;/h1-9,13H,15H2;1-9H;2-5H,6-9H2,1H3;5*5-7H,1-4H2;4H,1-2H2;1H,(H,2,3);1H3/i13D;;;1D2,2D2,3D2,4D2;3D2,4D2;1D2,3D2;1D2,2D2;;1D2,2D2;1D;. The number of alkyl halides is 3. The van der Waals surface area contributed by atoms with Crippen molar-refractivity contribution in [2.45, 2.75) is 17.8 Å². The van der Waals surface area contributed by atoms with E-state index >= 15 is 0 Å². The Kier molecular flexibility index (Phi) is 46.6. The molecule has 1 unspecified atom stereocenters. The molecule has 0 spiro atoms. The molecular formula is C60H101BrCl4N8O16S. The molecule has 0 aliphatic heterocycles.